The van der Waals surface area contributed by atoms with Crippen molar-refractivity contribution in [2.75, 3.05) is 6.61 Å². The molecule has 0 aromatic carbocycles. The molecule has 1 atom stereocenters. The normalized spacial score (nSPS) is 21.5. The van der Waals surface area contributed by atoms with Crippen LogP contribution in [0.1, 0.15) is 53.4 Å². The number of rotatable bonds is 4. The first kappa shape index (κ1) is 13.3. The fourth-order valence-electron chi connectivity index (χ4n) is 2.27. The molecule has 2 heteroatoms. The van der Waals surface area contributed by atoms with Gasteiger partial charge in [0.2, 0.25) is 0 Å². The van der Waals surface area contributed by atoms with Crippen LogP contribution in [-0.4, -0.2) is 12.6 Å². The largest absolute Gasteiger partial charge is 0.466 e. The zero-order valence-corrected chi connectivity index (χ0v) is 11.0. The molecule has 92 valence electrons. The zero-order chi connectivity index (χ0) is 12.2. The van der Waals surface area contributed by atoms with Crippen LogP contribution in [0, 0.1) is 11.3 Å². The lowest BCUT2D eigenvalue weighted by molar-refractivity contribution is -0.144. The SMILES string of the molecule is CCOC(=O)CC(C)(C)C1=CC[C@@H](C)CC1. The molecular formula is C14H24O2. The molecular weight excluding hydrogens is 200 g/mol. The van der Waals surface area contributed by atoms with Crippen LogP contribution in [0.15, 0.2) is 11.6 Å². The first-order valence-corrected chi connectivity index (χ1v) is 6.31. The second kappa shape index (κ2) is 5.51. The number of ether oxygens (including phenoxy) is 1. The summed E-state index contributed by atoms with van der Waals surface area (Å²) in [5.74, 6) is 0.717. The summed E-state index contributed by atoms with van der Waals surface area (Å²) >= 11 is 0. The molecule has 0 aromatic rings. The Labute approximate surface area is 99.1 Å². The van der Waals surface area contributed by atoms with Gasteiger partial charge < -0.3 is 4.74 Å². The first-order chi connectivity index (χ1) is 7.45. The lowest BCUT2D eigenvalue weighted by Gasteiger charge is -2.31. The summed E-state index contributed by atoms with van der Waals surface area (Å²) in [5, 5.41) is 0. The number of hydrogen-bond acceptors (Lipinski definition) is 2. The van der Waals surface area contributed by atoms with Crippen LogP contribution in [0.5, 0.6) is 0 Å². The van der Waals surface area contributed by atoms with E-state index in [1.807, 2.05) is 6.92 Å². The van der Waals surface area contributed by atoms with Gasteiger partial charge in [-0.15, -0.1) is 0 Å². The fraction of sp³-hybridized carbons (Fsp3) is 0.786. The van der Waals surface area contributed by atoms with Crippen molar-refractivity contribution in [2.24, 2.45) is 11.3 Å². The predicted molar refractivity (Wildman–Crippen MR) is 66.1 cm³/mol. The van der Waals surface area contributed by atoms with Crippen molar-refractivity contribution in [3.8, 4) is 0 Å². The van der Waals surface area contributed by atoms with Crippen LogP contribution in [0.25, 0.3) is 0 Å². The molecule has 0 spiro atoms. The predicted octanol–water partition coefficient (Wildman–Crippen LogP) is 3.71. The van der Waals surface area contributed by atoms with E-state index in [1.165, 1.54) is 12.0 Å². The molecule has 0 bridgehead atoms. The second-order valence-corrected chi connectivity index (χ2v) is 5.47. The Bertz CT molecular complexity index is 276. The molecule has 1 aliphatic carbocycles. The van der Waals surface area contributed by atoms with Crippen molar-refractivity contribution < 1.29 is 9.53 Å². The number of carbonyl (C=O) groups excluding carboxylic acids is 1. The third kappa shape index (κ3) is 3.66. The summed E-state index contributed by atoms with van der Waals surface area (Å²) < 4.78 is 5.02. The van der Waals surface area contributed by atoms with Gasteiger partial charge in [-0.25, -0.2) is 0 Å². The maximum absolute atomic E-state index is 11.5. The van der Waals surface area contributed by atoms with E-state index in [4.69, 9.17) is 4.74 Å². The van der Waals surface area contributed by atoms with Gasteiger partial charge in [-0.1, -0.05) is 32.4 Å². The average molecular weight is 224 g/mol. The molecule has 1 rings (SSSR count). The molecule has 0 saturated carbocycles. The maximum atomic E-state index is 11.5. The minimum absolute atomic E-state index is 0.0353. The van der Waals surface area contributed by atoms with E-state index in [1.54, 1.807) is 0 Å². The van der Waals surface area contributed by atoms with Crippen LogP contribution in [-0.2, 0) is 9.53 Å². The van der Waals surface area contributed by atoms with Crippen molar-refractivity contribution in [1.82, 2.24) is 0 Å². The summed E-state index contributed by atoms with van der Waals surface area (Å²) in [4.78, 5) is 11.5. The summed E-state index contributed by atoms with van der Waals surface area (Å²) in [6.45, 7) is 8.90. The molecule has 0 saturated heterocycles. The zero-order valence-electron chi connectivity index (χ0n) is 11.0. The highest BCUT2D eigenvalue weighted by atomic mass is 16.5. The van der Waals surface area contributed by atoms with Gasteiger partial charge in [-0.3, -0.25) is 4.79 Å². The van der Waals surface area contributed by atoms with E-state index in [-0.39, 0.29) is 11.4 Å². The monoisotopic (exact) mass is 224 g/mol. The van der Waals surface area contributed by atoms with Crippen LogP contribution in [0.4, 0.5) is 0 Å². The summed E-state index contributed by atoms with van der Waals surface area (Å²) in [7, 11) is 0. The highest BCUT2D eigenvalue weighted by Gasteiger charge is 2.28. The van der Waals surface area contributed by atoms with Crippen LogP contribution in [0.3, 0.4) is 0 Å². The Balaban J connectivity index is 2.59. The van der Waals surface area contributed by atoms with Crippen molar-refractivity contribution in [3.05, 3.63) is 11.6 Å². The van der Waals surface area contributed by atoms with Crippen molar-refractivity contribution in [1.29, 1.82) is 0 Å². The van der Waals surface area contributed by atoms with Gasteiger partial charge in [-0.2, -0.15) is 0 Å². The van der Waals surface area contributed by atoms with Crippen LogP contribution < -0.4 is 0 Å². The van der Waals surface area contributed by atoms with Crippen LogP contribution >= 0.6 is 0 Å². The second-order valence-electron chi connectivity index (χ2n) is 5.47. The van der Waals surface area contributed by atoms with Gasteiger partial charge in [0.1, 0.15) is 0 Å². The molecule has 0 N–H and O–H groups in total. The van der Waals surface area contributed by atoms with Gasteiger partial charge in [0, 0.05) is 0 Å². The Morgan fingerprint density at radius 2 is 2.25 bits per heavy atom. The van der Waals surface area contributed by atoms with Crippen molar-refractivity contribution in [2.45, 2.75) is 53.4 Å². The summed E-state index contributed by atoms with van der Waals surface area (Å²) in [6.07, 6.45) is 6.36. The minimum atomic E-state index is -0.0768. The Kier molecular flexibility index (Phi) is 4.57. The molecule has 0 unspecified atom stereocenters. The maximum Gasteiger partial charge on any atom is 0.306 e. The average Bonchev–Trinajstić information content (AvgIpc) is 2.17. The van der Waals surface area contributed by atoms with Gasteiger partial charge in [0.05, 0.1) is 13.0 Å². The molecule has 0 aromatic heterocycles. The lowest BCUT2D eigenvalue weighted by atomic mass is 9.74. The van der Waals surface area contributed by atoms with Crippen LogP contribution in [0.2, 0.25) is 0 Å². The molecule has 0 fully saturated rings. The third-order valence-corrected chi connectivity index (χ3v) is 3.43. The molecule has 16 heavy (non-hydrogen) atoms. The highest BCUT2D eigenvalue weighted by Crippen LogP contribution is 2.38. The third-order valence-electron chi connectivity index (χ3n) is 3.43. The number of carbonyl (C=O) groups is 1. The number of esters is 1. The molecule has 1 aliphatic rings. The summed E-state index contributed by atoms with van der Waals surface area (Å²) in [5.41, 5.74) is 1.39. The van der Waals surface area contributed by atoms with E-state index in [2.05, 4.69) is 26.8 Å². The quantitative estimate of drug-likeness (QED) is 0.537. The molecule has 0 amide bonds. The Morgan fingerprint density at radius 1 is 1.56 bits per heavy atom. The number of hydrogen-bond donors (Lipinski definition) is 0. The fourth-order valence-corrected chi connectivity index (χ4v) is 2.27. The van der Waals surface area contributed by atoms with E-state index in [9.17, 15) is 4.79 Å². The van der Waals surface area contributed by atoms with E-state index in [0.29, 0.717) is 13.0 Å². The highest BCUT2D eigenvalue weighted by molar-refractivity contribution is 5.70. The topological polar surface area (TPSA) is 26.3 Å². The Hall–Kier alpha value is -0.790. The van der Waals surface area contributed by atoms with E-state index < -0.39 is 0 Å². The minimum Gasteiger partial charge on any atom is -0.466 e. The smallest absolute Gasteiger partial charge is 0.306 e. The lowest BCUT2D eigenvalue weighted by Crippen LogP contribution is -2.23. The Morgan fingerprint density at radius 3 is 2.75 bits per heavy atom. The van der Waals surface area contributed by atoms with E-state index >= 15 is 0 Å². The van der Waals surface area contributed by atoms with Gasteiger partial charge in [0.15, 0.2) is 0 Å². The molecule has 0 aliphatic heterocycles. The standard InChI is InChI=1S/C14H24O2/c1-5-16-13(15)10-14(3,4)12-8-6-11(2)7-9-12/h8,11H,5-7,9-10H2,1-4H3/t11-/m1/s1. The molecule has 0 heterocycles. The van der Waals surface area contributed by atoms with Crippen molar-refractivity contribution in [3.63, 3.8) is 0 Å². The van der Waals surface area contributed by atoms with Crippen molar-refractivity contribution >= 4 is 5.97 Å². The first-order valence-electron chi connectivity index (χ1n) is 6.31. The van der Waals surface area contributed by atoms with Gasteiger partial charge in [0.25, 0.3) is 0 Å². The number of allylic oxidation sites excluding steroid dienone is 2. The van der Waals surface area contributed by atoms with Gasteiger partial charge in [-0.05, 0) is 37.5 Å². The van der Waals surface area contributed by atoms with Gasteiger partial charge >= 0.3 is 5.97 Å². The molecule has 0 radical (unpaired) electrons. The summed E-state index contributed by atoms with van der Waals surface area (Å²) in [6, 6.07) is 0. The molecule has 2 nitrogen and oxygen atoms in total. The van der Waals surface area contributed by atoms with E-state index in [0.717, 1.165) is 18.8 Å².